The van der Waals surface area contributed by atoms with Crippen molar-refractivity contribution in [2.75, 3.05) is 6.61 Å². The van der Waals surface area contributed by atoms with E-state index in [1.807, 2.05) is 0 Å². The van der Waals surface area contributed by atoms with Gasteiger partial charge in [-0.15, -0.1) is 0 Å². The molecule has 0 aliphatic carbocycles. The molecule has 1 aliphatic rings. The number of rotatable bonds is 3. The zero-order chi connectivity index (χ0) is 13.2. The number of hydrogen-bond acceptors (Lipinski definition) is 7. The Balaban J connectivity index is 2.66. The third kappa shape index (κ3) is 3.02. The number of aliphatic hydroxyl groups excluding tert-OH is 3. The second-order valence-electron chi connectivity index (χ2n) is 3.97. The molecule has 17 heavy (non-hydrogen) atoms. The van der Waals surface area contributed by atoms with E-state index in [4.69, 9.17) is 4.74 Å². The maximum Gasteiger partial charge on any atom is 0.330 e. The number of carbonyl (C=O) groups excluding carboxylic acids is 1. The lowest BCUT2D eigenvalue weighted by atomic mass is 9.94. The molecule has 7 heteroatoms. The minimum atomic E-state index is -2.02. The maximum atomic E-state index is 10.8. The Bertz CT molecular complexity index is 301. The van der Waals surface area contributed by atoms with Crippen molar-refractivity contribution in [1.82, 2.24) is 0 Å². The fourth-order valence-corrected chi connectivity index (χ4v) is 1.53. The SMILES string of the molecule is C=CC(=O)OCC1O[C@](C)(O)C(O)[C@@H](O)[C@@H]1O. The van der Waals surface area contributed by atoms with Crippen molar-refractivity contribution < 1.29 is 34.7 Å². The first kappa shape index (κ1) is 14.1. The fraction of sp³-hybridized carbons (Fsp3) is 0.700. The maximum absolute atomic E-state index is 10.8. The van der Waals surface area contributed by atoms with Crippen molar-refractivity contribution in [3.8, 4) is 0 Å². The van der Waals surface area contributed by atoms with Crippen molar-refractivity contribution in [3.63, 3.8) is 0 Å². The van der Waals surface area contributed by atoms with Crippen molar-refractivity contribution in [1.29, 1.82) is 0 Å². The van der Waals surface area contributed by atoms with E-state index < -0.39 is 36.2 Å². The highest BCUT2D eigenvalue weighted by Crippen LogP contribution is 2.27. The van der Waals surface area contributed by atoms with E-state index in [0.717, 1.165) is 13.0 Å². The van der Waals surface area contributed by atoms with Gasteiger partial charge in [-0.25, -0.2) is 4.79 Å². The van der Waals surface area contributed by atoms with Gasteiger partial charge in [0, 0.05) is 6.08 Å². The first-order valence-electron chi connectivity index (χ1n) is 5.03. The van der Waals surface area contributed by atoms with Gasteiger partial charge in [-0.3, -0.25) is 0 Å². The van der Waals surface area contributed by atoms with Crippen molar-refractivity contribution >= 4 is 5.97 Å². The summed E-state index contributed by atoms with van der Waals surface area (Å²) in [4.78, 5) is 10.8. The van der Waals surface area contributed by atoms with Crippen LogP contribution < -0.4 is 0 Å². The van der Waals surface area contributed by atoms with E-state index in [1.165, 1.54) is 0 Å². The Labute approximate surface area is 97.9 Å². The van der Waals surface area contributed by atoms with Gasteiger partial charge in [0.05, 0.1) is 0 Å². The van der Waals surface area contributed by atoms with Gasteiger partial charge in [0.1, 0.15) is 31.0 Å². The molecule has 0 saturated carbocycles. The molecule has 1 heterocycles. The van der Waals surface area contributed by atoms with Crippen molar-refractivity contribution in [3.05, 3.63) is 12.7 Å². The number of aliphatic hydroxyl groups is 4. The molecule has 0 aromatic carbocycles. The van der Waals surface area contributed by atoms with E-state index in [-0.39, 0.29) is 6.61 Å². The standard InChI is InChI=1S/C10H16O7/c1-3-6(11)16-4-5-7(12)8(13)9(14)10(2,15)17-5/h3,5,7-9,12-15H,1,4H2,2H3/t5?,7-,8+,9?,10+/m1/s1. The average molecular weight is 248 g/mol. The van der Waals surface area contributed by atoms with E-state index in [2.05, 4.69) is 11.3 Å². The molecule has 2 unspecified atom stereocenters. The molecular formula is C10H16O7. The molecule has 0 aromatic heterocycles. The van der Waals surface area contributed by atoms with Gasteiger partial charge in [0.15, 0.2) is 5.79 Å². The number of esters is 1. The van der Waals surface area contributed by atoms with Crippen molar-refractivity contribution in [2.24, 2.45) is 0 Å². The lowest BCUT2D eigenvalue weighted by Crippen LogP contribution is -2.64. The molecule has 1 rings (SSSR count). The van der Waals surface area contributed by atoms with E-state index in [1.54, 1.807) is 0 Å². The van der Waals surface area contributed by atoms with Crippen LogP contribution in [0.4, 0.5) is 0 Å². The van der Waals surface area contributed by atoms with Crippen LogP contribution in [0, 0.1) is 0 Å². The number of carbonyl (C=O) groups is 1. The Morgan fingerprint density at radius 1 is 1.47 bits per heavy atom. The number of hydrogen-bond donors (Lipinski definition) is 4. The van der Waals surface area contributed by atoms with Crippen LogP contribution >= 0.6 is 0 Å². The van der Waals surface area contributed by atoms with E-state index in [9.17, 15) is 25.2 Å². The van der Waals surface area contributed by atoms with Crippen LogP contribution in [0.15, 0.2) is 12.7 Å². The van der Waals surface area contributed by atoms with Crippen LogP contribution in [0.1, 0.15) is 6.92 Å². The molecule has 5 atom stereocenters. The van der Waals surface area contributed by atoms with Crippen LogP contribution in [-0.4, -0.2) is 63.2 Å². The third-order valence-electron chi connectivity index (χ3n) is 2.55. The van der Waals surface area contributed by atoms with Gasteiger partial charge in [-0.2, -0.15) is 0 Å². The van der Waals surface area contributed by atoms with Gasteiger partial charge in [0.25, 0.3) is 0 Å². The lowest BCUT2D eigenvalue weighted by Gasteiger charge is -2.43. The topological polar surface area (TPSA) is 116 Å². The molecule has 0 spiro atoms. The first-order valence-corrected chi connectivity index (χ1v) is 5.03. The third-order valence-corrected chi connectivity index (χ3v) is 2.55. The van der Waals surface area contributed by atoms with Crippen LogP contribution in [0.5, 0.6) is 0 Å². The minimum Gasteiger partial charge on any atom is -0.460 e. The molecule has 0 amide bonds. The molecule has 0 radical (unpaired) electrons. The van der Waals surface area contributed by atoms with E-state index in [0.29, 0.717) is 0 Å². The van der Waals surface area contributed by atoms with Crippen LogP contribution in [0.25, 0.3) is 0 Å². The Hall–Kier alpha value is -0.990. The smallest absolute Gasteiger partial charge is 0.330 e. The van der Waals surface area contributed by atoms with Gasteiger partial charge in [0.2, 0.25) is 0 Å². The Kier molecular flexibility index (Phi) is 4.23. The molecule has 0 bridgehead atoms. The van der Waals surface area contributed by atoms with Crippen molar-refractivity contribution in [2.45, 2.75) is 37.1 Å². The molecule has 4 N–H and O–H groups in total. The van der Waals surface area contributed by atoms with Gasteiger partial charge < -0.3 is 29.9 Å². The Morgan fingerprint density at radius 3 is 2.59 bits per heavy atom. The normalized spacial score (nSPS) is 41.9. The number of ether oxygens (including phenoxy) is 2. The summed E-state index contributed by atoms with van der Waals surface area (Å²) in [5, 5.41) is 38.1. The highest BCUT2D eigenvalue weighted by atomic mass is 16.7. The highest BCUT2D eigenvalue weighted by molar-refractivity contribution is 5.81. The van der Waals surface area contributed by atoms with Crippen LogP contribution in [0.3, 0.4) is 0 Å². The molecule has 1 fully saturated rings. The monoisotopic (exact) mass is 248 g/mol. The summed E-state index contributed by atoms with van der Waals surface area (Å²) in [6.07, 6.45) is -4.91. The summed E-state index contributed by atoms with van der Waals surface area (Å²) in [5.41, 5.74) is 0. The quantitative estimate of drug-likeness (QED) is 0.334. The summed E-state index contributed by atoms with van der Waals surface area (Å²) < 4.78 is 9.58. The summed E-state index contributed by atoms with van der Waals surface area (Å²) in [6, 6.07) is 0. The van der Waals surface area contributed by atoms with Gasteiger partial charge in [-0.05, 0) is 6.92 Å². The molecule has 0 aromatic rings. The minimum absolute atomic E-state index is 0.369. The predicted octanol–water partition coefficient (Wildman–Crippen LogP) is -2.09. The highest BCUT2D eigenvalue weighted by Gasteiger charge is 2.50. The summed E-state index contributed by atoms with van der Waals surface area (Å²) in [5.74, 6) is -2.75. The Morgan fingerprint density at radius 2 is 2.06 bits per heavy atom. The summed E-state index contributed by atoms with van der Waals surface area (Å²) >= 11 is 0. The van der Waals surface area contributed by atoms with Crippen LogP contribution in [0.2, 0.25) is 0 Å². The van der Waals surface area contributed by atoms with E-state index >= 15 is 0 Å². The predicted molar refractivity (Wildman–Crippen MR) is 54.7 cm³/mol. The van der Waals surface area contributed by atoms with Crippen LogP contribution in [-0.2, 0) is 14.3 Å². The summed E-state index contributed by atoms with van der Waals surface area (Å²) in [7, 11) is 0. The van der Waals surface area contributed by atoms with Gasteiger partial charge >= 0.3 is 5.97 Å². The van der Waals surface area contributed by atoms with Gasteiger partial charge in [-0.1, -0.05) is 6.58 Å². The lowest BCUT2D eigenvalue weighted by molar-refractivity contribution is -0.341. The zero-order valence-electron chi connectivity index (χ0n) is 9.31. The molecular weight excluding hydrogens is 232 g/mol. The molecule has 1 aliphatic heterocycles. The second-order valence-corrected chi connectivity index (χ2v) is 3.97. The fourth-order valence-electron chi connectivity index (χ4n) is 1.53. The second kappa shape index (κ2) is 5.11. The zero-order valence-corrected chi connectivity index (χ0v) is 9.31. The molecule has 1 saturated heterocycles. The first-order chi connectivity index (χ1) is 7.79. The largest absolute Gasteiger partial charge is 0.460 e. The summed E-state index contributed by atoms with van der Waals surface area (Å²) in [6.45, 7) is 3.95. The molecule has 7 nitrogen and oxygen atoms in total. The average Bonchev–Trinajstić information content (AvgIpc) is 2.29. The molecule has 98 valence electrons.